The molecule has 142 valence electrons. The smallest absolute Gasteiger partial charge is 0.316 e. The fraction of sp³-hybridized carbons (Fsp3) is 0.474. The van der Waals surface area contributed by atoms with Crippen LogP contribution in [-0.2, 0) is 0 Å². The zero-order chi connectivity index (χ0) is 18.6. The molecular weight excluding hydrogens is 366 g/mol. The van der Waals surface area contributed by atoms with Crippen LogP contribution in [0.1, 0.15) is 36.0 Å². The lowest BCUT2D eigenvalue weighted by Gasteiger charge is -2.33. The number of nitrogens with zero attached hydrogens (tertiary/aromatic N) is 5. The van der Waals surface area contributed by atoms with E-state index in [-0.39, 0.29) is 12.0 Å². The van der Waals surface area contributed by atoms with Gasteiger partial charge in [0.15, 0.2) is 0 Å². The van der Waals surface area contributed by atoms with Crippen molar-refractivity contribution in [2.75, 3.05) is 31.1 Å². The molecule has 4 heterocycles. The van der Waals surface area contributed by atoms with Crippen molar-refractivity contribution in [1.29, 1.82) is 0 Å². The van der Waals surface area contributed by atoms with Crippen molar-refractivity contribution in [2.24, 2.45) is 0 Å². The van der Waals surface area contributed by atoms with Gasteiger partial charge >= 0.3 is 6.01 Å². The van der Waals surface area contributed by atoms with Gasteiger partial charge in [-0.1, -0.05) is 11.6 Å². The van der Waals surface area contributed by atoms with E-state index in [9.17, 15) is 4.79 Å². The molecule has 0 aliphatic carbocycles. The van der Waals surface area contributed by atoms with E-state index >= 15 is 0 Å². The molecule has 2 aromatic rings. The first-order chi connectivity index (χ1) is 13.2. The van der Waals surface area contributed by atoms with Crippen molar-refractivity contribution in [3.63, 3.8) is 0 Å². The number of anilines is 1. The van der Waals surface area contributed by atoms with Crippen molar-refractivity contribution < 1.29 is 9.53 Å². The van der Waals surface area contributed by atoms with Crippen LogP contribution in [0.15, 0.2) is 30.7 Å². The summed E-state index contributed by atoms with van der Waals surface area (Å²) in [6.07, 6.45) is 8.88. The van der Waals surface area contributed by atoms with Crippen LogP contribution in [-0.4, -0.2) is 58.0 Å². The lowest BCUT2D eigenvalue weighted by molar-refractivity contribution is 0.0792. The molecule has 0 bridgehead atoms. The Kier molecular flexibility index (Phi) is 5.38. The first kappa shape index (κ1) is 18.0. The normalized spacial score (nSPS) is 18.0. The van der Waals surface area contributed by atoms with Crippen LogP contribution in [0.4, 0.5) is 5.82 Å². The van der Waals surface area contributed by atoms with Crippen LogP contribution in [0.25, 0.3) is 0 Å². The molecule has 27 heavy (non-hydrogen) atoms. The third-order valence-corrected chi connectivity index (χ3v) is 5.30. The summed E-state index contributed by atoms with van der Waals surface area (Å²) in [6.45, 7) is 3.20. The number of ether oxygens (including phenoxy) is 1. The maximum absolute atomic E-state index is 12.5. The third-order valence-electron chi connectivity index (χ3n) is 5.02. The Bertz CT molecular complexity index is 790. The van der Waals surface area contributed by atoms with Crippen molar-refractivity contribution in [3.8, 4) is 6.01 Å². The Balaban J connectivity index is 1.37. The van der Waals surface area contributed by atoms with Gasteiger partial charge in [0.2, 0.25) is 0 Å². The molecule has 2 fully saturated rings. The molecule has 2 saturated heterocycles. The predicted octanol–water partition coefficient (Wildman–Crippen LogP) is 2.81. The second-order valence-electron chi connectivity index (χ2n) is 6.86. The number of piperidine rings is 1. The summed E-state index contributed by atoms with van der Waals surface area (Å²) >= 11 is 6.45. The number of rotatable bonds is 4. The molecule has 0 saturated carbocycles. The third kappa shape index (κ3) is 4.13. The van der Waals surface area contributed by atoms with Gasteiger partial charge in [-0.05, 0) is 25.0 Å². The Labute approximate surface area is 163 Å². The summed E-state index contributed by atoms with van der Waals surface area (Å²) in [5.41, 5.74) is 0.560. The van der Waals surface area contributed by atoms with Crippen molar-refractivity contribution in [1.82, 2.24) is 19.9 Å². The highest BCUT2D eigenvalue weighted by molar-refractivity contribution is 6.33. The molecule has 0 unspecified atom stereocenters. The van der Waals surface area contributed by atoms with E-state index in [1.165, 1.54) is 0 Å². The Morgan fingerprint density at radius 3 is 2.44 bits per heavy atom. The fourth-order valence-corrected chi connectivity index (χ4v) is 3.85. The molecule has 4 rings (SSSR count). The summed E-state index contributed by atoms with van der Waals surface area (Å²) in [5.74, 6) is 0.743. The molecule has 7 nitrogen and oxygen atoms in total. The van der Waals surface area contributed by atoms with Gasteiger partial charge in [-0.3, -0.25) is 4.79 Å². The number of carbonyl (C=O) groups excluding carboxylic acids is 1. The van der Waals surface area contributed by atoms with Gasteiger partial charge in [-0.2, -0.15) is 0 Å². The molecule has 1 amide bonds. The quantitative estimate of drug-likeness (QED) is 0.803. The average Bonchev–Trinajstić information content (AvgIpc) is 3.24. The molecule has 0 atom stereocenters. The number of likely N-dealkylation sites (tertiary alicyclic amines) is 1. The van der Waals surface area contributed by atoms with Crippen molar-refractivity contribution in [3.05, 3.63) is 41.3 Å². The molecule has 0 radical (unpaired) electrons. The van der Waals surface area contributed by atoms with Gasteiger partial charge in [-0.15, -0.1) is 0 Å². The summed E-state index contributed by atoms with van der Waals surface area (Å²) in [6, 6.07) is 3.92. The van der Waals surface area contributed by atoms with Crippen LogP contribution >= 0.6 is 11.6 Å². The maximum atomic E-state index is 12.5. The standard InChI is InChI=1S/C19H22ClN5O2/c20-16-12-14(18(26)25-8-1-2-9-25)13-23-17(16)24-10-4-15(5-11-24)27-19-21-6-3-7-22-19/h3,6-7,12-13,15H,1-2,4-5,8-11H2. The highest BCUT2D eigenvalue weighted by atomic mass is 35.5. The number of halogens is 1. The fourth-order valence-electron chi connectivity index (χ4n) is 3.56. The molecule has 0 aromatic carbocycles. The monoisotopic (exact) mass is 387 g/mol. The van der Waals surface area contributed by atoms with Gasteiger partial charge in [0, 0.05) is 57.6 Å². The number of aromatic nitrogens is 3. The Morgan fingerprint density at radius 2 is 1.78 bits per heavy atom. The van der Waals surface area contributed by atoms with Crippen molar-refractivity contribution in [2.45, 2.75) is 31.8 Å². The van der Waals surface area contributed by atoms with Gasteiger partial charge in [0.1, 0.15) is 11.9 Å². The SMILES string of the molecule is O=C(c1cnc(N2CCC(Oc3ncccn3)CC2)c(Cl)c1)N1CCCC1. The highest BCUT2D eigenvalue weighted by Gasteiger charge is 2.25. The lowest BCUT2D eigenvalue weighted by Crippen LogP contribution is -2.39. The van der Waals surface area contributed by atoms with Crippen LogP contribution in [0, 0.1) is 0 Å². The second kappa shape index (κ2) is 8.08. The van der Waals surface area contributed by atoms with E-state index in [1.54, 1.807) is 30.7 Å². The minimum Gasteiger partial charge on any atom is -0.460 e. The number of hydrogen-bond acceptors (Lipinski definition) is 6. The van der Waals surface area contributed by atoms with E-state index in [4.69, 9.17) is 16.3 Å². The second-order valence-corrected chi connectivity index (χ2v) is 7.27. The molecule has 8 heteroatoms. The number of carbonyl (C=O) groups is 1. The van der Waals surface area contributed by atoms with E-state index < -0.39 is 0 Å². The van der Waals surface area contributed by atoms with Gasteiger partial charge in [-0.25, -0.2) is 15.0 Å². The van der Waals surface area contributed by atoms with Crippen LogP contribution < -0.4 is 9.64 Å². The van der Waals surface area contributed by atoms with Gasteiger partial charge in [0.05, 0.1) is 10.6 Å². The topological polar surface area (TPSA) is 71.5 Å². The van der Waals surface area contributed by atoms with E-state index in [0.29, 0.717) is 16.6 Å². The number of pyridine rings is 1. The Hall–Kier alpha value is -2.41. The lowest BCUT2D eigenvalue weighted by atomic mass is 10.1. The van der Waals surface area contributed by atoms with Crippen molar-refractivity contribution >= 4 is 23.3 Å². The number of hydrogen-bond donors (Lipinski definition) is 0. The van der Waals surface area contributed by atoms with Crippen LogP contribution in [0.2, 0.25) is 5.02 Å². The number of amides is 1. The zero-order valence-corrected chi connectivity index (χ0v) is 15.8. The molecular formula is C19H22ClN5O2. The first-order valence-corrected chi connectivity index (χ1v) is 9.72. The largest absolute Gasteiger partial charge is 0.460 e. The summed E-state index contributed by atoms with van der Waals surface area (Å²) in [4.78, 5) is 29.2. The van der Waals surface area contributed by atoms with E-state index in [1.807, 2.05) is 4.90 Å². The predicted molar refractivity (Wildman–Crippen MR) is 102 cm³/mol. The summed E-state index contributed by atoms with van der Waals surface area (Å²) in [7, 11) is 0. The summed E-state index contributed by atoms with van der Waals surface area (Å²) < 4.78 is 5.82. The highest BCUT2D eigenvalue weighted by Crippen LogP contribution is 2.28. The zero-order valence-electron chi connectivity index (χ0n) is 15.1. The summed E-state index contributed by atoms with van der Waals surface area (Å²) in [5, 5.41) is 0.519. The van der Waals surface area contributed by atoms with E-state index in [2.05, 4.69) is 19.9 Å². The first-order valence-electron chi connectivity index (χ1n) is 9.34. The van der Waals surface area contributed by atoms with Crippen LogP contribution in [0.5, 0.6) is 6.01 Å². The molecule has 0 spiro atoms. The minimum absolute atomic E-state index is 0.0171. The van der Waals surface area contributed by atoms with Gasteiger partial charge < -0.3 is 14.5 Å². The molecule has 2 aliphatic heterocycles. The average molecular weight is 388 g/mol. The molecule has 2 aliphatic rings. The molecule has 0 N–H and O–H groups in total. The maximum Gasteiger partial charge on any atom is 0.316 e. The van der Waals surface area contributed by atoms with Gasteiger partial charge in [0.25, 0.3) is 5.91 Å². The molecule has 2 aromatic heterocycles. The van der Waals surface area contributed by atoms with E-state index in [0.717, 1.165) is 57.7 Å². The Morgan fingerprint density at radius 1 is 1.07 bits per heavy atom. The van der Waals surface area contributed by atoms with Crippen LogP contribution in [0.3, 0.4) is 0 Å². The minimum atomic E-state index is 0.0171.